The van der Waals surface area contributed by atoms with Crippen LogP contribution in [-0.4, -0.2) is 12.1 Å². The summed E-state index contributed by atoms with van der Waals surface area (Å²) in [5.41, 5.74) is 0. The summed E-state index contributed by atoms with van der Waals surface area (Å²) < 4.78 is 5.18. The van der Waals surface area contributed by atoms with Crippen molar-refractivity contribution in [3.05, 3.63) is 12.7 Å². The van der Waals surface area contributed by atoms with Gasteiger partial charge in [-0.25, -0.2) is 0 Å². The highest BCUT2D eigenvalue weighted by Crippen LogP contribution is 2.28. The molecule has 0 aromatic rings. The summed E-state index contributed by atoms with van der Waals surface area (Å²) in [7, 11) is 0. The first-order valence-electron chi connectivity index (χ1n) is 5.04. The molecule has 0 saturated heterocycles. The molecule has 1 aliphatic carbocycles. The minimum Gasteiger partial charge on any atom is -0.458 e. The fourth-order valence-electron chi connectivity index (χ4n) is 1.99. The van der Waals surface area contributed by atoms with Crippen molar-refractivity contribution in [2.75, 3.05) is 0 Å². The summed E-state index contributed by atoms with van der Waals surface area (Å²) >= 11 is 0. The van der Waals surface area contributed by atoms with Crippen LogP contribution in [0.1, 0.15) is 39.0 Å². The number of hydrogen-bond acceptors (Lipinski definition) is 2. The molecular weight excluding hydrogens is 164 g/mol. The predicted molar refractivity (Wildman–Crippen MR) is 52.3 cm³/mol. The van der Waals surface area contributed by atoms with Gasteiger partial charge >= 0.3 is 5.97 Å². The van der Waals surface area contributed by atoms with Gasteiger partial charge in [-0.15, -0.1) is 0 Å². The molecule has 1 aliphatic rings. The van der Waals surface area contributed by atoms with Crippen LogP contribution < -0.4 is 0 Å². The van der Waals surface area contributed by atoms with Crippen molar-refractivity contribution >= 4 is 5.97 Å². The van der Waals surface area contributed by atoms with Crippen LogP contribution in [0.4, 0.5) is 0 Å². The molecule has 1 saturated carbocycles. The van der Waals surface area contributed by atoms with Crippen LogP contribution in [0.25, 0.3) is 0 Å². The van der Waals surface area contributed by atoms with Crippen LogP contribution in [0.15, 0.2) is 12.7 Å². The first-order chi connectivity index (χ1) is 6.24. The number of carbonyl (C=O) groups excluding carboxylic acids is 1. The van der Waals surface area contributed by atoms with Gasteiger partial charge in [-0.3, -0.25) is 4.79 Å². The summed E-state index contributed by atoms with van der Waals surface area (Å²) in [6.07, 6.45) is 7.89. The third-order valence-electron chi connectivity index (χ3n) is 2.65. The van der Waals surface area contributed by atoms with Crippen LogP contribution in [0.5, 0.6) is 0 Å². The Bertz CT molecular complexity index is 181. The van der Waals surface area contributed by atoms with Crippen LogP contribution in [0, 0.1) is 5.92 Å². The molecule has 0 aromatic heterocycles. The third-order valence-corrected chi connectivity index (χ3v) is 2.65. The Balaban J connectivity index is 2.43. The first kappa shape index (κ1) is 10.3. The highest BCUT2D eigenvalue weighted by atomic mass is 16.5. The van der Waals surface area contributed by atoms with E-state index in [1.807, 2.05) is 0 Å². The molecule has 1 atom stereocenters. The highest BCUT2D eigenvalue weighted by molar-refractivity contribution is 5.66. The van der Waals surface area contributed by atoms with Gasteiger partial charge in [0, 0.05) is 6.92 Å². The summed E-state index contributed by atoms with van der Waals surface area (Å²) in [6.45, 7) is 5.17. The Morgan fingerprint density at radius 3 is 2.54 bits per heavy atom. The van der Waals surface area contributed by atoms with E-state index in [1.165, 1.54) is 39.0 Å². The Morgan fingerprint density at radius 1 is 1.46 bits per heavy atom. The Kier molecular flexibility index (Phi) is 4.00. The van der Waals surface area contributed by atoms with Gasteiger partial charge in [0.2, 0.25) is 0 Å². The zero-order valence-corrected chi connectivity index (χ0v) is 8.29. The molecule has 0 amide bonds. The van der Waals surface area contributed by atoms with Gasteiger partial charge < -0.3 is 4.74 Å². The van der Waals surface area contributed by atoms with Crippen molar-refractivity contribution in [3.8, 4) is 0 Å². The van der Waals surface area contributed by atoms with E-state index in [2.05, 4.69) is 6.58 Å². The van der Waals surface area contributed by atoms with Crippen molar-refractivity contribution in [3.63, 3.8) is 0 Å². The smallest absolute Gasteiger partial charge is 0.303 e. The molecule has 0 N–H and O–H groups in total. The van der Waals surface area contributed by atoms with E-state index in [4.69, 9.17) is 4.74 Å². The van der Waals surface area contributed by atoms with Crippen molar-refractivity contribution in [2.24, 2.45) is 5.92 Å². The molecule has 0 aliphatic heterocycles. The van der Waals surface area contributed by atoms with E-state index >= 15 is 0 Å². The van der Waals surface area contributed by atoms with Crippen LogP contribution in [0.2, 0.25) is 0 Å². The molecule has 0 bridgehead atoms. The summed E-state index contributed by atoms with van der Waals surface area (Å²) in [6, 6.07) is 0. The standard InChI is InChI=1S/C11H18O2/c1-3-11(13-9(2)12)10-7-5-4-6-8-10/h3,10-11H,1,4-8H2,2H3/t11-/m0/s1. The lowest BCUT2D eigenvalue weighted by molar-refractivity contribution is -0.146. The third kappa shape index (κ3) is 3.21. The van der Waals surface area contributed by atoms with E-state index in [9.17, 15) is 4.79 Å². The Hall–Kier alpha value is -0.790. The quantitative estimate of drug-likeness (QED) is 0.495. The number of hydrogen-bond donors (Lipinski definition) is 0. The molecule has 1 rings (SSSR count). The van der Waals surface area contributed by atoms with Crippen LogP contribution in [0.3, 0.4) is 0 Å². The zero-order valence-electron chi connectivity index (χ0n) is 8.29. The van der Waals surface area contributed by atoms with Crippen molar-refractivity contribution in [1.29, 1.82) is 0 Å². The average molecular weight is 182 g/mol. The van der Waals surface area contributed by atoms with Gasteiger partial charge in [-0.1, -0.05) is 31.9 Å². The average Bonchev–Trinajstić information content (AvgIpc) is 2.15. The maximum atomic E-state index is 10.8. The minimum atomic E-state index is -0.199. The molecule has 13 heavy (non-hydrogen) atoms. The summed E-state index contributed by atoms with van der Waals surface area (Å²) in [5.74, 6) is 0.311. The molecule has 0 radical (unpaired) electrons. The van der Waals surface area contributed by atoms with Gasteiger partial charge in [0.15, 0.2) is 0 Å². The van der Waals surface area contributed by atoms with Crippen molar-refractivity contribution < 1.29 is 9.53 Å². The van der Waals surface area contributed by atoms with Crippen molar-refractivity contribution in [1.82, 2.24) is 0 Å². The molecule has 74 valence electrons. The monoisotopic (exact) mass is 182 g/mol. The topological polar surface area (TPSA) is 26.3 Å². The lowest BCUT2D eigenvalue weighted by atomic mass is 9.85. The molecule has 0 spiro atoms. The van der Waals surface area contributed by atoms with Gasteiger partial charge in [0.1, 0.15) is 6.10 Å². The molecule has 0 heterocycles. The second-order valence-corrected chi connectivity index (χ2v) is 3.71. The second-order valence-electron chi connectivity index (χ2n) is 3.71. The van der Waals surface area contributed by atoms with E-state index in [1.54, 1.807) is 6.08 Å². The van der Waals surface area contributed by atoms with Gasteiger partial charge in [0.25, 0.3) is 0 Å². The molecule has 0 unspecified atom stereocenters. The van der Waals surface area contributed by atoms with E-state index in [-0.39, 0.29) is 12.1 Å². The molecule has 2 nitrogen and oxygen atoms in total. The zero-order chi connectivity index (χ0) is 9.68. The second kappa shape index (κ2) is 5.05. The maximum absolute atomic E-state index is 10.8. The molecular formula is C11H18O2. The maximum Gasteiger partial charge on any atom is 0.303 e. The Labute approximate surface area is 80.0 Å². The summed E-state index contributed by atoms with van der Waals surface area (Å²) in [5, 5.41) is 0. The fraction of sp³-hybridized carbons (Fsp3) is 0.727. The molecule has 1 fully saturated rings. The van der Waals surface area contributed by atoms with E-state index < -0.39 is 0 Å². The Morgan fingerprint density at radius 2 is 2.08 bits per heavy atom. The lowest BCUT2D eigenvalue weighted by Crippen LogP contribution is -2.25. The van der Waals surface area contributed by atoms with Gasteiger partial charge in [-0.2, -0.15) is 0 Å². The minimum absolute atomic E-state index is 0.0576. The number of carbonyl (C=O) groups is 1. The fourth-order valence-corrected chi connectivity index (χ4v) is 1.99. The predicted octanol–water partition coefficient (Wildman–Crippen LogP) is 2.68. The summed E-state index contributed by atoms with van der Waals surface area (Å²) in [4.78, 5) is 10.8. The number of esters is 1. The first-order valence-corrected chi connectivity index (χ1v) is 5.04. The normalized spacial score (nSPS) is 20.7. The van der Waals surface area contributed by atoms with E-state index in [0.717, 1.165) is 0 Å². The van der Waals surface area contributed by atoms with E-state index in [0.29, 0.717) is 5.92 Å². The van der Waals surface area contributed by atoms with Crippen LogP contribution in [-0.2, 0) is 9.53 Å². The van der Waals surface area contributed by atoms with Gasteiger partial charge in [-0.05, 0) is 18.8 Å². The van der Waals surface area contributed by atoms with Crippen molar-refractivity contribution in [2.45, 2.75) is 45.1 Å². The lowest BCUT2D eigenvalue weighted by Gasteiger charge is -2.27. The largest absolute Gasteiger partial charge is 0.458 e. The molecule has 0 aromatic carbocycles. The van der Waals surface area contributed by atoms with Crippen LogP contribution >= 0.6 is 0 Å². The van der Waals surface area contributed by atoms with Gasteiger partial charge in [0.05, 0.1) is 0 Å². The SMILES string of the molecule is C=C[C@H](OC(C)=O)C1CCCCC1. The number of ether oxygens (including phenoxy) is 1. The highest BCUT2D eigenvalue weighted by Gasteiger charge is 2.23. The molecule has 2 heteroatoms. The number of rotatable bonds is 3.